The zero-order valence-electron chi connectivity index (χ0n) is 15.8. The predicted molar refractivity (Wildman–Crippen MR) is 108 cm³/mol. The largest absolute Gasteiger partial charge is 0.362 e. The molecule has 28 heavy (non-hydrogen) atoms. The van der Waals surface area contributed by atoms with Crippen molar-refractivity contribution >= 4 is 35.6 Å². The first-order valence-electron chi connectivity index (χ1n) is 9.19. The minimum atomic E-state index is -0.473. The van der Waals surface area contributed by atoms with Gasteiger partial charge in [0, 0.05) is 57.3 Å². The van der Waals surface area contributed by atoms with E-state index in [1.54, 1.807) is 17.0 Å². The summed E-state index contributed by atoms with van der Waals surface area (Å²) in [6.07, 6.45) is 2.18. The molecule has 1 unspecified atom stereocenters. The molecule has 2 fully saturated rings. The zero-order valence-corrected chi connectivity index (χ0v) is 16.6. The van der Waals surface area contributed by atoms with Crippen molar-refractivity contribution < 1.29 is 14.5 Å². The lowest BCUT2D eigenvalue weighted by Gasteiger charge is -2.35. The SMILES string of the molecule is CC(=O)N1CCN(c2ccc(C(=O)NCC(N)C3CC3)cc2[N+](=O)[O-])CC1.Cl. The topological polar surface area (TPSA) is 122 Å². The van der Waals surface area contributed by atoms with E-state index in [1.165, 1.54) is 13.0 Å². The Morgan fingerprint density at radius 3 is 2.46 bits per heavy atom. The third-order valence-corrected chi connectivity index (χ3v) is 5.23. The van der Waals surface area contributed by atoms with Crippen LogP contribution in [0.1, 0.15) is 30.1 Å². The van der Waals surface area contributed by atoms with Gasteiger partial charge in [0.15, 0.2) is 0 Å². The molecule has 0 spiro atoms. The monoisotopic (exact) mass is 411 g/mol. The third kappa shape index (κ3) is 5.11. The summed E-state index contributed by atoms with van der Waals surface area (Å²) in [5.74, 6) is 0.110. The van der Waals surface area contributed by atoms with E-state index in [0.29, 0.717) is 44.3 Å². The molecular weight excluding hydrogens is 386 g/mol. The summed E-state index contributed by atoms with van der Waals surface area (Å²) < 4.78 is 0. The molecular formula is C18H26ClN5O4. The van der Waals surface area contributed by atoms with Gasteiger partial charge < -0.3 is 20.9 Å². The van der Waals surface area contributed by atoms with Gasteiger partial charge in [-0.05, 0) is 30.9 Å². The van der Waals surface area contributed by atoms with E-state index in [2.05, 4.69) is 5.32 Å². The molecule has 9 nitrogen and oxygen atoms in total. The maximum absolute atomic E-state index is 12.3. The Balaban J connectivity index is 0.00000280. The van der Waals surface area contributed by atoms with Crippen LogP contribution in [0.3, 0.4) is 0 Å². The number of carbonyl (C=O) groups excluding carboxylic acids is 2. The van der Waals surface area contributed by atoms with E-state index in [0.717, 1.165) is 12.8 Å². The summed E-state index contributed by atoms with van der Waals surface area (Å²) in [5.41, 5.74) is 6.59. The molecule has 0 bridgehead atoms. The highest BCUT2D eigenvalue weighted by molar-refractivity contribution is 5.95. The van der Waals surface area contributed by atoms with Gasteiger partial charge in [0.25, 0.3) is 11.6 Å². The van der Waals surface area contributed by atoms with Crippen LogP contribution in [0.25, 0.3) is 0 Å². The van der Waals surface area contributed by atoms with E-state index in [-0.39, 0.29) is 41.5 Å². The number of benzene rings is 1. The number of piperazine rings is 1. The number of hydrogen-bond donors (Lipinski definition) is 2. The molecule has 2 amide bonds. The lowest BCUT2D eigenvalue weighted by molar-refractivity contribution is -0.384. The second-order valence-electron chi connectivity index (χ2n) is 7.17. The number of carbonyl (C=O) groups is 2. The van der Waals surface area contributed by atoms with Gasteiger partial charge in [0.1, 0.15) is 5.69 Å². The van der Waals surface area contributed by atoms with Gasteiger partial charge in [-0.15, -0.1) is 12.4 Å². The van der Waals surface area contributed by atoms with E-state index in [4.69, 9.17) is 5.73 Å². The van der Waals surface area contributed by atoms with Gasteiger partial charge in [-0.1, -0.05) is 0 Å². The predicted octanol–water partition coefficient (Wildman–Crippen LogP) is 1.15. The van der Waals surface area contributed by atoms with Gasteiger partial charge in [-0.3, -0.25) is 19.7 Å². The fourth-order valence-electron chi connectivity index (χ4n) is 3.34. The van der Waals surface area contributed by atoms with E-state index in [1.807, 2.05) is 4.90 Å². The first-order chi connectivity index (χ1) is 12.9. The van der Waals surface area contributed by atoms with E-state index >= 15 is 0 Å². The first-order valence-corrected chi connectivity index (χ1v) is 9.19. The van der Waals surface area contributed by atoms with Crippen LogP contribution in [0.4, 0.5) is 11.4 Å². The second kappa shape index (κ2) is 9.20. The summed E-state index contributed by atoms with van der Waals surface area (Å²) in [4.78, 5) is 38.4. The van der Waals surface area contributed by atoms with Crippen LogP contribution in [0.2, 0.25) is 0 Å². The lowest BCUT2D eigenvalue weighted by Crippen LogP contribution is -2.48. The standard InChI is InChI=1S/C18H25N5O4.ClH/c1-12(24)21-6-8-22(9-7-21)16-5-4-14(10-17(16)23(26)27)18(25)20-11-15(19)13-2-3-13;/h4-5,10,13,15H,2-3,6-9,11,19H2,1H3,(H,20,25);1H. The maximum atomic E-state index is 12.3. The number of anilines is 1. The van der Waals surface area contributed by atoms with Crippen molar-refractivity contribution in [1.29, 1.82) is 0 Å². The van der Waals surface area contributed by atoms with Crippen molar-refractivity contribution in [3.8, 4) is 0 Å². The van der Waals surface area contributed by atoms with Crippen LogP contribution >= 0.6 is 12.4 Å². The van der Waals surface area contributed by atoms with Crippen molar-refractivity contribution in [2.75, 3.05) is 37.6 Å². The molecule has 1 aliphatic heterocycles. The van der Waals surface area contributed by atoms with Crippen LogP contribution in [0, 0.1) is 16.0 Å². The fourth-order valence-corrected chi connectivity index (χ4v) is 3.34. The molecule has 1 saturated heterocycles. The van der Waals surface area contributed by atoms with Gasteiger partial charge >= 0.3 is 0 Å². The number of rotatable bonds is 6. The first kappa shape index (κ1) is 21.9. The highest BCUT2D eigenvalue weighted by Crippen LogP contribution is 2.32. The number of nitrogens with one attached hydrogen (secondary N) is 1. The summed E-state index contributed by atoms with van der Waals surface area (Å²) in [6, 6.07) is 4.44. The van der Waals surface area contributed by atoms with Crippen molar-refractivity contribution in [2.24, 2.45) is 11.7 Å². The van der Waals surface area contributed by atoms with Crippen LogP contribution in [0.15, 0.2) is 18.2 Å². The summed E-state index contributed by atoms with van der Waals surface area (Å²) in [6.45, 7) is 3.96. The number of nitro benzene ring substituents is 1. The normalized spacial score (nSPS) is 17.5. The Hall–Kier alpha value is -2.39. The average molecular weight is 412 g/mol. The fraction of sp³-hybridized carbons (Fsp3) is 0.556. The lowest BCUT2D eigenvalue weighted by atomic mass is 10.1. The zero-order chi connectivity index (χ0) is 19.6. The molecule has 1 saturated carbocycles. The molecule has 1 atom stereocenters. The van der Waals surface area contributed by atoms with Gasteiger partial charge in [-0.2, -0.15) is 0 Å². The summed E-state index contributed by atoms with van der Waals surface area (Å²) in [7, 11) is 0. The highest BCUT2D eigenvalue weighted by Gasteiger charge is 2.29. The van der Waals surface area contributed by atoms with Gasteiger partial charge in [-0.25, -0.2) is 0 Å². The number of nitrogens with zero attached hydrogens (tertiary/aromatic N) is 3. The Labute approximate surface area is 169 Å². The molecule has 3 rings (SSSR count). The number of nitrogens with two attached hydrogens (primary N) is 1. The number of hydrogen-bond acceptors (Lipinski definition) is 6. The molecule has 0 radical (unpaired) electrons. The average Bonchev–Trinajstić information content (AvgIpc) is 3.50. The Bertz CT molecular complexity index is 747. The molecule has 0 aromatic heterocycles. The van der Waals surface area contributed by atoms with E-state index in [9.17, 15) is 19.7 Å². The van der Waals surface area contributed by atoms with Crippen LogP contribution in [-0.4, -0.2) is 60.4 Å². The molecule has 1 heterocycles. The molecule has 2 aliphatic rings. The molecule has 1 aromatic carbocycles. The third-order valence-electron chi connectivity index (χ3n) is 5.23. The minimum Gasteiger partial charge on any atom is -0.362 e. The van der Waals surface area contributed by atoms with Crippen molar-refractivity contribution in [3.05, 3.63) is 33.9 Å². The number of amides is 2. The minimum absolute atomic E-state index is 0. The Morgan fingerprint density at radius 2 is 1.93 bits per heavy atom. The number of nitro groups is 1. The van der Waals surface area contributed by atoms with Gasteiger partial charge in [0.05, 0.1) is 4.92 Å². The van der Waals surface area contributed by atoms with Crippen molar-refractivity contribution in [1.82, 2.24) is 10.2 Å². The molecule has 3 N–H and O–H groups in total. The van der Waals surface area contributed by atoms with Crippen molar-refractivity contribution in [3.63, 3.8) is 0 Å². The van der Waals surface area contributed by atoms with Crippen LogP contribution in [-0.2, 0) is 4.79 Å². The quantitative estimate of drug-likeness (QED) is 0.535. The second-order valence-corrected chi connectivity index (χ2v) is 7.17. The van der Waals surface area contributed by atoms with Crippen LogP contribution in [0.5, 0.6) is 0 Å². The highest BCUT2D eigenvalue weighted by atomic mass is 35.5. The maximum Gasteiger partial charge on any atom is 0.293 e. The Kier molecular flexibility index (Phi) is 7.20. The molecule has 154 valence electrons. The molecule has 1 aliphatic carbocycles. The van der Waals surface area contributed by atoms with Crippen LogP contribution < -0.4 is 16.0 Å². The molecule has 1 aromatic rings. The summed E-state index contributed by atoms with van der Waals surface area (Å²) >= 11 is 0. The van der Waals surface area contributed by atoms with Gasteiger partial charge in [0.2, 0.25) is 5.91 Å². The summed E-state index contributed by atoms with van der Waals surface area (Å²) in [5, 5.41) is 14.3. The van der Waals surface area contributed by atoms with Crippen molar-refractivity contribution in [2.45, 2.75) is 25.8 Å². The smallest absolute Gasteiger partial charge is 0.293 e. The Morgan fingerprint density at radius 1 is 1.29 bits per heavy atom. The van der Waals surface area contributed by atoms with E-state index < -0.39 is 4.92 Å². The molecule has 10 heteroatoms. The number of halogens is 1.